The van der Waals surface area contributed by atoms with Crippen molar-refractivity contribution in [3.05, 3.63) is 126 Å². The summed E-state index contributed by atoms with van der Waals surface area (Å²) in [5, 5.41) is 2.90. The second kappa shape index (κ2) is 16.6. The first kappa shape index (κ1) is 28.3. The zero-order valence-corrected chi connectivity index (χ0v) is 24.1. The zero-order valence-electron chi connectivity index (χ0n) is 19.0. The van der Waals surface area contributed by atoms with Crippen molar-refractivity contribution in [1.82, 2.24) is 0 Å². The molecule has 171 valence electrons. The quantitative estimate of drug-likeness (QED) is 0.177. The Kier molecular flexibility index (Phi) is 13.8. The van der Waals surface area contributed by atoms with Crippen LogP contribution in [0.4, 0.5) is 0 Å². The van der Waals surface area contributed by atoms with Crippen LogP contribution in [0.2, 0.25) is 0 Å². The first-order chi connectivity index (χ1) is 16.6. The summed E-state index contributed by atoms with van der Waals surface area (Å²) in [5.41, 5.74) is 11.7. The number of benzene rings is 4. The maximum atomic E-state index is 9.48. The summed E-state index contributed by atoms with van der Waals surface area (Å²) < 4.78 is 0. The maximum Gasteiger partial charge on any atom is 0.103 e. The van der Waals surface area contributed by atoms with Crippen molar-refractivity contribution in [2.75, 3.05) is 0 Å². The van der Waals surface area contributed by atoms with Gasteiger partial charge < -0.3 is 10.5 Å². The van der Waals surface area contributed by atoms with Gasteiger partial charge in [0, 0.05) is 5.91 Å². The van der Waals surface area contributed by atoms with E-state index in [0.29, 0.717) is 6.42 Å². The second-order valence-corrected chi connectivity index (χ2v) is 12.6. The minimum Gasteiger partial charge on any atom is -0.179 e. The molecule has 1 amide bonds. The van der Waals surface area contributed by atoms with Gasteiger partial charge in [-0.1, -0.05) is 113 Å². The Balaban J connectivity index is 0.000000185. The van der Waals surface area contributed by atoms with Crippen molar-refractivity contribution in [2.45, 2.75) is 19.8 Å². The van der Waals surface area contributed by atoms with E-state index in [4.69, 9.17) is 22.8 Å². The molecule has 4 aromatic rings. The summed E-state index contributed by atoms with van der Waals surface area (Å²) >= 11 is -0.826. The van der Waals surface area contributed by atoms with Gasteiger partial charge in [0.25, 0.3) is 0 Å². The van der Waals surface area contributed by atoms with E-state index < -0.39 is 26.8 Å². The van der Waals surface area contributed by atoms with Crippen molar-refractivity contribution in [3.8, 4) is 11.1 Å². The minimum absolute atomic E-state index is 0.271. The summed E-state index contributed by atoms with van der Waals surface area (Å²) in [7, 11) is 10.1. The number of hydrogen-bond donors (Lipinski definition) is 0. The van der Waals surface area contributed by atoms with E-state index in [1.165, 1.54) is 32.6 Å². The SMILES string of the molecule is CCC([NH-])=O.[Cl][Zr+2][Cl].[c-]1cccc2c1Cc1ccccc1-2.c1ccc([SiH]c2ccccc2)cc1. The Morgan fingerprint density at radius 2 is 1.32 bits per heavy atom. The van der Waals surface area contributed by atoms with Crippen molar-refractivity contribution >= 4 is 42.8 Å². The zero-order chi connectivity index (χ0) is 24.6. The molecular formula is C28H26Cl2NOSiZr. The molecule has 0 atom stereocenters. The molecule has 0 fully saturated rings. The molecule has 0 unspecified atom stereocenters. The smallest absolute Gasteiger partial charge is 0.103 e. The van der Waals surface area contributed by atoms with Crippen LogP contribution in [-0.2, 0) is 32.1 Å². The number of carbonyl (C=O) groups is 1. The summed E-state index contributed by atoms with van der Waals surface area (Å²) in [6.45, 7) is 1.66. The molecule has 0 saturated heterocycles. The third-order valence-electron chi connectivity index (χ3n) is 4.87. The fraction of sp³-hybridized carbons (Fsp3) is 0.107. The van der Waals surface area contributed by atoms with Crippen molar-refractivity contribution in [1.29, 1.82) is 0 Å². The Morgan fingerprint density at radius 3 is 1.85 bits per heavy atom. The average molecular weight is 583 g/mol. The standard InChI is InChI=1S/C13H9.C12H11Si.C3H7NO.2ClH.Zr/c1-3-7-12-10(5-1)9-11-6-2-4-8-13(11)12;1-3-7-11(8-4-1)13-12-9-5-2-6-10-12;1-2-3(4)5;;;/h1-5,7-8H,9H2;1-10,13H;2H2,1H3,(H2,4,5);2*1H;/q-1;;;;;+4/p-3. The summed E-state index contributed by atoms with van der Waals surface area (Å²) in [6, 6.07) is 39.4. The predicted molar refractivity (Wildman–Crippen MR) is 144 cm³/mol. The molecule has 0 aliphatic heterocycles. The Hall–Kier alpha value is -1.97. The molecule has 0 saturated carbocycles. The van der Waals surface area contributed by atoms with Crippen LogP contribution in [0.15, 0.2) is 103 Å². The largest absolute Gasteiger partial charge is 0.179 e. The molecule has 1 radical (unpaired) electrons. The Bertz CT molecular complexity index is 1050. The molecule has 2 nitrogen and oxygen atoms in total. The third-order valence-corrected chi connectivity index (χ3v) is 6.31. The molecule has 0 spiro atoms. The van der Waals surface area contributed by atoms with Gasteiger partial charge in [-0.05, 0) is 12.8 Å². The first-order valence-corrected chi connectivity index (χ1v) is 18.3. The van der Waals surface area contributed by atoms with Gasteiger partial charge >= 0.3 is 37.9 Å². The molecule has 4 aromatic carbocycles. The van der Waals surface area contributed by atoms with Crippen LogP contribution < -0.4 is 10.4 Å². The number of halogens is 2. The monoisotopic (exact) mass is 580 g/mol. The molecule has 34 heavy (non-hydrogen) atoms. The molecule has 0 bridgehead atoms. The molecular weight excluding hydrogens is 557 g/mol. The van der Waals surface area contributed by atoms with Gasteiger partial charge in [-0.3, -0.25) is 0 Å². The number of fused-ring (bicyclic) bond motifs is 3. The van der Waals surface area contributed by atoms with Crippen LogP contribution in [0.25, 0.3) is 16.9 Å². The average Bonchev–Trinajstić information content (AvgIpc) is 3.25. The second-order valence-electron chi connectivity index (χ2n) is 7.21. The van der Waals surface area contributed by atoms with Gasteiger partial charge in [0.2, 0.25) is 0 Å². The normalized spacial score (nSPS) is 9.85. The van der Waals surface area contributed by atoms with Gasteiger partial charge in [0.1, 0.15) is 9.52 Å². The Labute approximate surface area is 224 Å². The minimum atomic E-state index is -0.826. The van der Waals surface area contributed by atoms with Crippen molar-refractivity contribution in [3.63, 3.8) is 0 Å². The molecule has 1 N–H and O–H groups in total. The van der Waals surface area contributed by atoms with Gasteiger partial charge in [0.15, 0.2) is 0 Å². The van der Waals surface area contributed by atoms with Gasteiger partial charge in [0.05, 0.1) is 0 Å². The summed E-state index contributed by atoms with van der Waals surface area (Å²) in [5.74, 6) is -0.495. The summed E-state index contributed by atoms with van der Waals surface area (Å²) in [4.78, 5) is 9.48. The van der Waals surface area contributed by atoms with E-state index in [9.17, 15) is 4.79 Å². The Morgan fingerprint density at radius 1 is 0.853 bits per heavy atom. The number of rotatable bonds is 3. The van der Waals surface area contributed by atoms with E-state index >= 15 is 0 Å². The summed E-state index contributed by atoms with van der Waals surface area (Å²) in [6.07, 6.45) is 1.38. The van der Waals surface area contributed by atoms with Crippen LogP contribution in [0.5, 0.6) is 0 Å². The topological polar surface area (TPSA) is 40.9 Å². The molecule has 0 heterocycles. The van der Waals surface area contributed by atoms with Crippen LogP contribution in [0.1, 0.15) is 24.5 Å². The van der Waals surface area contributed by atoms with E-state index in [2.05, 4.69) is 103 Å². The first-order valence-electron chi connectivity index (χ1n) is 10.8. The maximum absolute atomic E-state index is 9.48. The molecule has 6 heteroatoms. The van der Waals surface area contributed by atoms with E-state index in [0.717, 1.165) is 6.42 Å². The molecule has 1 aliphatic carbocycles. The van der Waals surface area contributed by atoms with Gasteiger partial charge in [-0.25, -0.2) is 0 Å². The molecule has 1 aliphatic rings. The van der Waals surface area contributed by atoms with Gasteiger partial charge in [-0.2, -0.15) is 29.8 Å². The van der Waals surface area contributed by atoms with E-state index in [-0.39, 0.29) is 9.52 Å². The predicted octanol–water partition coefficient (Wildman–Crippen LogP) is 6.48. The van der Waals surface area contributed by atoms with Crippen molar-refractivity contribution < 1.29 is 25.6 Å². The number of hydrogen-bond acceptors (Lipinski definition) is 1. The van der Waals surface area contributed by atoms with Gasteiger partial charge in [-0.15, -0.1) is 5.56 Å². The van der Waals surface area contributed by atoms with E-state index in [1.54, 1.807) is 6.92 Å². The number of amides is 1. The number of nitrogens with one attached hydrogen (secondary N) is 1. The van der Waals surface area contributed by atoms with Crippen LogP contribution in [0, 0.1) is 6.07 Å². The van der Waals surface area contributed by atoms with Crippen LogP contribution in [-0.4, -0.2) is 15.4 Å². The van der Waals surface area contributed by atoms with Crippen LogP contribution in [0.3, 0.4) is 0 Å². The van der Waals surface area contributed by atoms with Crippen LogP contribution >= 0.6 is 17.0 Å². The fourth-order valence-electron chi connectivity index (χ4n) is 3.29. The third kappa shape index (κ3) is 10.1. The van der Waals surface area contributed by atoms with Crippen molar-refractivity contribution in [2.24, 2.45) is 0 Å². The molecule has 0 aromatic heterocycles. The van der Waals surface area contributed by atoms with E-state index in [1.807, 2.05) is 6.07 Å². The fourth-order valence-corrected chi connectivity index (χ4v) is 4.50. The number of carbonyl (C=O) groups excluding carboxylic acids is 1. The molecule has 5 rings (SSSR count).